The van der Waals surface area contributed by atoms with Gasteiger partial charge in [0.2, 0.25) is 5.91 Å². The first kappa shape index (κ1) is 27.8. The number of hydrogen-bond donors (Lipinski definition) is 2. The first-order chi connectivity index (χ1) is 19.3. The average molecular weight is 550 g/mol. The summed E-state index contributed by atoms with van der Waals surface area (Å²) >= 11 is 0. The SMILES string of the molecule is COc1ccc(CN2CC(=O)Nc3ccc(OC)cc3C2=O)c(OC)c1.COc1ccc2[nH]c(=O)oc(=O)c2c1. The van der Waals surface area contributed by atoms with Gasteiger partial charge in [0.15, 0.2) is 0 Å². The van der Waals surface area contributed by atoms with E-state index in [0.29, 0.717) is 45.2 Å². The number of ether oxygens (including phenoxy) is 4. The van der Waals surface area contributed by atoms with Crippen LogP contribution in [0.4, 0.5) is 5.69 Å². The lowest BCUT2D eigenvalue weighted by atomic mass is 10.1. The van der Waals surface area contributed by atoms with Gasteiger partial charge in [-0.3, -0.25) is 14.6 Å². The second kappa shape index (κ2) is 12.1. The second-order valence-electron chi connectivity index (χ2n) is 8.51. The van der Waals surface area contributed by atoms with Crippen molar-refractivity contribution in [2.45, 2.75) is 6.54 Å². The van der Waals surface area contributed by atoms with Crippen LogP contribution in [0.5, 0.6) is 23.0 Å². The second-order valence-corrected chi connectivity index (χ2v) is 8.51. The molecule has 2 amide bonds. The highest BCUT2D eigenvalue weighted by atomic mass is 16.5. The summed E-state index contributed by atoms with van der Waals surface area (Å²) in [6.07, 6.45) is 0. The number of benzene rings is 3. The van der Waals surface area contributed by atoms with Crippen molar-refractivity contribution in [2.24, 2.45) is 0 Å². The summed E-state index contributed by atoms with van der Waals surface area (Å²) in [5.41, 5.74) is 1.42. The molecule has 0 spiro atoms. The smallest absolute Gasteiger partial charge is 0.419 e. The zero-order valence-electron chi connectivity index (χ0n) is 22.2. The molecule has 2 heterocycles. The lowest BCUT2D eigenvalue weighted by molar-refractivity contribution is -0.116. The van der Waals surface area contributed by atoms with Crippen molar-refractivity contribution in [1.29, 1.82) is 0 Å². The highest BCUT2D eigenvalue weighted by Gasteiger charge is 2.27. The topological polar surface area (TPSA) is 149 Å². The van der Waals surface area contributed by atoms with Crippen molar-refractivity contribution < 1.29 is 33.0 Å². The van der Waals surface area contributed by atoms with Gasteiger partial charge in [-0.2, -0.15) is 0 Å². The molecule has 0 saturated carbocycles. The predicted octanol–water partition coefficient (Wildman–Crippen LogP) is 2.80. The summed E-state index contributed by atoms with van der Waals surface area (Å²) in [5, 5.41) is 3.05. The van der Waals surface area contributed by atoms with E-state index in [2.05, 4.69) is 14.7 Å². The molecule has 40 heavy (non-hydrogen) atoms. The number of hydrogen-bond acceptors (Lipinski definition) is 9. The molecule has 4 aromatic rings. The fraction of sp³-hybridized carbons (Fsp3) is 0.214. The molecule has 0 bridgehead atoms. The molecule has 0 aliphatic carbocycles. The summed E-state index contributed by atoms with van der Waals surface area (Å²) in [5.74, 6) is 1.07. The monoisotopic (exact) mass is 549 g/mol. The Morgan fingerprint density at radius 3 is 2.15 bits per heavy atom. The van der Waals surface area contributed by atoms with Crippen molar-refractivity contribution in [3.05, 3.63) is 86.7 Å². The van der Waals surface area contributed by atoms with Crippen molar-refractivity contribution in [3.63, 3.8) is 0 Å². The molecule has 3 aromatic carbocycles. The third kappa shape index (κ3) is 6.07. The van der Waals surface area contributed by atoms with Crippen LogP contribution in [0.25, 0.3) is 10.9 Å². The molecule has 12 nitrogen and oxygen atoms in total. The van der Waals surface area contributed by atoms with Crippen LogP contribution in [0, 0.1) is 0 Å². The normalized spacial score (nSPS) is 12.4. The minimum Gasteiger partial charge on any atom is -0.497 e. The summed E-state index contributed by atoms with van der Waals surface area (Å²) in [6, 6.07) is 15.1. The van der Waals surface area contributed by atoms with Crippen LogP contribution in [0.1, 0.15) is 15.9 Å². The Hall–Kier alpha value is -5.26. The number of methoxy groups -OCH3 is 4. The van der Waals surface area contributed by atoms with Gasteiger partial charge in [-0.05, 0) is 48.5 Å². The van der Waals surface area contributed by atoms with Gasteiger partial charge in [0.1, 0.15) is 29.5 Å². The minimum atomic E-state index is -0.757. The lowest BCUT2D eigenvalue weighted by Crippen LogP contribution is -2.34. The highest BCUT2D eigenvalue weighted by molar-refractivity contribution is 6.08. The van der Waals surface area contributed by atoms with Gasteiger partial charge in [-0.25, -0.2) is 9.59 Å². The Balaban J connectivity index is 0.000000222. The Kier molecular flexibility index (Phi) is 8.38. The quantitative estimate of drug-likeness (QED) is 0.370. The molecular formula is C28H27N3O9. The van der Waals surface area contributed by atoms with E-state index in [0.717, 1.165) is 5.56 Å². The van der Waals surface area contributed by atoms with E-state index in [4.69, 9.17) is 18.9 Å². The number of carbonyl (C=O) groups is 2. The maximum Gasteiger partial charge on any atom is 0.419 e. The third-order valence-electron chi connectivity index (χ3n) is 6.08. The number of rotatable bonds is 6. The van der Waals surface area contributed by atoms with Crippen molar-refractivity contribution in [2.75, 3.05) is 40.3 Å². The van der Waals surface area contributed by atoms with Gasteiger partial charge in [0.25, 0.3) is 5.91 Å². The molecule has 0 saturated heterocycles. The summed E-state index contributed by atoms with van der Waals surface area (Å²) < 4.78 is 25.1. The number of amides is 2. The zero-order chi connectivity index (χ0) is 28.8. The first-order valence-corrected chi connectivity index (χ1v) is 12.0. The fourth-order valence-electron chi connectivity index (χ4n) is 4.06. The number of fused-ring (bicyclic) bond motifs is 2. The van der Waals surface area contributed by atoms with E-state index in [1.807, 2.05) is 6.07 Å². The van der Waals surface area contributed by atoms with Crippen molar-refractivity contribution in [1.82, 2.24) is 9.88 Å². The number of H-pyrrole nitrogens is 1. The Labute approximate surface area is 228 Å². The fourth-order valence-corrected chi connectivity index (χ4v) is 4.06. The number of anilines is 1. The van der Waals surface area contributed by atoms with E-state index in [9.17, 15) is 19.2 Å². The number of aromatic nitrogens is 1. The highest BCUT2D eigenvalue weighted by Crippen LogP contribution is 2.29. The summed E-state index contributed by atoms with van der Waals surface area (Å²) in [7, 11) is 6.15. The zero-order valence-corrected chi connectivity index (χ0v) is 22.2. The molecule has 0 fully saturated rings. The van der Waals surface area contributed by atoms with Gasteiger partial charge in [-0.1, -0.05) is 0 Å². The van der Waals surface area contributed by atoms with Crippen LogP contribution >= 0.6 is 0 Å². The van der Waals surface area contributed by atoms with E-state index in [1.165, 1.54) is 25.2 Å². The molecule has 1 aliphatic heterocycles. The van der Waals surface area contributed by atoms with Gasteiger partial charge in [-0.15, -0.1) is 0 Å². The molecule has 5 rings (SSSR count). The van der Waals surface area contributed by atoms with Crippen LogP contribution in [0.15, 0.2) is 68.6 Å². The molecule has 12 heteroatoms. The molecule has 208 valence electrons. The molecule has 1 aliphatic rings. The summed E-state index contributed by atoms with van der Waals surface area (Å²) in [6.45, 7) is 0.182. The number of nitrogens with zero attached hydrogens (tertiary/aromatic N) is 1. The molecule has 2 N–H and O–H groups in total. The Morgan fingerprint density at radius 1 is 0.800 bits per heavy atom. The van der Waals surface area contributed by atoms with Gasteiger partial charge in [0.05, 0.1) is 57.1 Å². The number of nitrogens with one attached hydrogen (secondary N) is 2. The maximum absolute atomic E-state index is 13.0. The Morgan fingerprint density at radius 2 is 1.45 bits per heavy atom. The van der Waals surface area contributed by atoms with E-state index < -0.39 is 11.4 Å². The van der Waals surface area contributed by atoms with E-state index in [-0.39, 0.29) is 24.9 Å². The van der Waals surface area contributed by atoms with Crippen LogP contribution in [-0.2, 0) is 11.3 Å². The summed E-state index contributed by atoms with van der Waals surface area (Å²) in [4.78, 5) is 51.1. The molecular weight excluding hydrogens is 522 g/mol. The molecule has 0 atom stereocenters. The maximum atomic E-state index is 13.0. The van der Waals surface area contributed by atoms with Gasteiger partial charge < -0.3 is 33.6 Å². The van der Waals surface area contributed by atoms with Crippen LogP contribution in [0.3, 0.4) is 0 Å². The molecule has 0 unspecified atom stereocenters. The van der Waals surface area contributed by atoms with E-state index >= 15 is 0 Å². The lowest BCUT2D eigenvalue weighted by Gasteiger charge is -2.21. The van der Waals surface area contributed by atoms with Crippen LogP contribution in [-0.4, -0.2) is 56.7 Å². The Bertz CT molecular complexity index is 1680. The number of aromatic amines is 1. The van der Waals surface area contributed by atoms with Crippen LogP contribution in [0.2, 0.25) is 0 Å². The minimum absolute atomic E-state index is 0.0506. The first-order valence-electron chi connectivity index (χ1n) is 12.0. The van der Waals surface area contributed by atoms with Gasteiger partial charge >= 0.3 is 11.4 Å². The van der Waals surface area contributed by atoms with Gasteiger partial charge in [0, 0.05) is 11.6 Å². The van der Waals surface area contributed by atoms with Crippen LogP contribution < -0.4 is 35.6 Å². The standard InChI is InChI=1S/C19H20N2O5.C9H7NO4/c1-24-13-6-7-16-15(8-13)19(23)21(11-18(22)20-16)10-12-4-5-14(25-2)9-17(12)26-3;1-13-5-2-3-7-6(4-5)8(11)14-9(12)10-7/h4-9H,10-11H2,1-3H3,(H,20,22);2-4H,1H3,(H,10,12). The molecule has 1 aromatic heterocycles. The van der Waals surface area contributed by atoms with Crippen molar-refractivity contribution >= 4 is 28.4 Å². The predicted molar refractivity (Wildman–Crippen MR) is 146 cm³/mol. The van der Waals surface area contributed by atoms with Crippen molar-refractivity contribution in [3.8, 4) is 23.0 Å². The third-order valence-corrected chi connectivity index (χ3v) is 6.08. The van der Waals surface area contributed by atoms with E-state index in [1.54, 1.807) is 56.7 Å². The average Bonchev–Trinajstić information content (AvgIpc) is 3.08. The number of carbonyl (C=O) groups excluding carboxylic acids is 2. The molecule has 0 radical (unpaired) electrons. The largest absolute Gasteiger partial charge is 0.497 e.